The van der Waals surface area contributed by atoms with Crippen LogP contribution in [0.5, 0.6) is 5.75 Å². The lowest BCUT2D eigenvalue weighted by Crippen LogP contribution is -2.20. The minimum absolute atomic E-state index is 0.0367. The second-order valence-corrected chi connectivity index (χ2v) is 4.49. The lowest BCUT2D eigenvalue weighted by molar-refractivity contribution is 0.286. The molecule has 20 heavy (non-hydrogen) atoms. The third-order valence-corrected chi connectivity index (χ3v) is 2.93. The number of aryl methyl sites for hydroxylation is 1. The standard InChI is InChI=1S/C15H14F3NO/c1-9-2-4-11(7-13(9)17)20-8-15(19)12-5-3-10(16)6-14(12)18/h2-7,15H,8,19H2,1H3. The highest BCUT2D eigenvalue weighted by atomic mass is 19.1. The minimum Gasteiger partial charge on any atom is -0.492 e. The van der Waals surface area contributed by atoms with Crippen LogP contribution in [0.2, 0.25) is 0 Å². The molecule has 106 valence electrons. The smallest absolute Gasteiger partial charge is 0.131 e. The summed E-state index contributed by atoms with van der Waals surface area (Å²) < 4.78 is 44.9. The van der Waals surface area contributed by atoms with Gasteiger partial charge in [0.05, 0.1) is 6.04 Å². The molecule has 1 unspecified atom stereocenters. The minimum atomic E-state index is -0.764. The Balaban J connectivity index is 2.04. The molecule has 1 atom stereocenters. The Labute approximate surface area is 115 Å². The number of halogens is 3. The summed E-state index contributed by atoms with van der Waals surface area (Å²) in [6.45, 7) is 1.60. The summed E-state index contributed by atoms with van der Waals surface area (Å²) >= 11 is 0. The molecule has 0 aromatic heterocycles. The number of nitrogens with two attached hydrogens (primary N) is 1. The van der Waals surface area contributed by atoms with E-state index in [0.717, 1.165) is 12.1 Å². The maximum atomic E-state index is 13.5. The summed E-state index contributed by atoms with van der Waals surface area (Å²) in [6.07, 6.45) is 0. The van der Waals surface area contributed by atoms with E-state index >= 15 is 0 Å². The van der Waals surface area contributed by atoms with Gasteiger partial charge in [-0.25, -0.2) is 13.2 Å². The van der Waals surface area contributed by atoms with Gasteiger partial charge in [0.25, 0.3) is 0 Å². The van der Waals surface area contributed by atoms with Crippen molar-refractivity contribution in [1.82, 2.24) is 0 Å². The number of rotatable bonds is 4. The summed E-state index contributed by atoms with van der Waals surface area (Å²) in [5.74, 6) is -1.47. The van der Waals surface area contributed by atoms with E-state index in [1.54, 1.807) is 19.1 Å². The molecular weight excluding hydrogens is 267 g/mol. The van der Waals surface area contributed by atoms with E-state index in [1.807, 2.05) is 0 Å². The van der Waals surface area contributed by atoms with E-state index in [0.29, 0.717) is 11.3 Å². The van der Waals surface area contributed by atoms with Gasteiger partial charge in [0, 0.05) is 17.7 Å². The first-order valence-corrected chi connectivity index (χ1v) is 6.07. The van der Waals surface area contributed by atoms with Gasteiger partial charge < -0.3 is 10.5 Å². The van der Waals surface area contributed by atoms with Crippen LogP contribution in [-0.4, -0.2) is 6.61 Å². The zero-order valence-electron chi connectivity index (χ0n) is 10.9. The van der Waals surface area contributed by atoms with Gasteiger partial charge in [-0.3, -0.25) is 0 Å². The molecule has 2 N–H and O–H groups in total. The van der Waals surface area contributed by atoms with E-state index in [1.165, 1.54) is 12.1 Å². The van der Waals surface area contributed by atoms with Gasteiger partial charge in [-0.15, -0.1) is 0 Å². The molecule has 5 heteroatoms. The maximum absolute atomic E-state index is 13.5. The van der Waals surface area contributed by atoms with Crippen LogP contribution in [0.3, 0.4) is 0 Å². The molecule has 2 aromatic carbocycles. The van der Waals surface area contributed by atoms with Gasteiger partial charge in [-0.05, 0) is 24.6 Å². The number of hydrogen-bond acceptors (Lipinski definition) is 2. The van der Waals surface area contributed by atoms with Crippen LogP contribution in [-0.2, 0) is 0 Å². The predicted octanol–water partition coefficient (Wildman–Crippen LogP) is 3.49. The Morgan fingerprint density at radius 2 is 1.80 bits per heavy atom. The van der Waals surface area contributed by atoms with Gasteiger partial charge in [-0.2, -0.15) is 0 Å². The molecule has 2 rings (SSSR count). The third kappa shape index (κ3) is 3.30. The Hall–Kier alpha value is -2.01. The lowest BCUT2D eigenvalue weighted by Gasteiger charge is -2.14. The quantitative estimate of drug-likeness (QED) is 0.931. The molecule has 0 aliphatic heterocycles. The van der Waals surface area contributed by atoms with E-state index in [2.05, 4.69) is 0 Å². The van der Waals surface area contributed by atoms with Crippen molar-refractivity contribution in [3.63, 3.8) is 0 Å². The normalized spacial score (nSPS) is 12.2. The van der Waals surface area contributed by atoms with Crippen molar-refractivity contribution in [3.8, 4) is 5.75 Å². The highest BCUT2D eigenvalue weighted by Gasteiger charge is 2.13. The van der Waals surface area contributed by atoms with Crippen molar-refractivity contribution in [2.75, 3.05) is 6.61 Å². The van der Waals surface area contributed by atoms with Crippen molar-refractivity contribution < 1.29 is 17.9 Å². The Morgan fingerprint density at radius 3 is 2.45 bits per heavy atom. The number of benzene rings is 2. The van der Waals surface area contributed by atoms with Crippen molar-refractivity contribution in [2.24, 2.45) is 5.73 Å². The largest absolute Gasteiger partial charge is 0.492 e. The van der Waals surface area contributed by atoms with E-state index in [9.17, 15) is 13.2 Å². The molecule has 0 spiro atoms. The molecule has 0 amide bonds. The fourth-order valence-corrected chi connectivity index (χ4v) is 1.74. The second-order valence-electron chi connectivity index (χ2n) is 4.49. The lowest BCUT2D eigenvalue weighted by atomic mass is 10.1. The highest BCUT2D eigenvalue weighted by molar-refractivity contribution is 5.28. The third-order valence-electron chi connectivity index (χ3n) is 2.93. The van der Waals surface area contributed by atoms with Crippen LogP contribution >= 0.6 is 0 Å². The summed E-state index contributed by atoms with van der Waals surface area (Å²) in [6, 6.07) is 6.82. The van der Waals surface area contributed by atoms with Crippen molar-refractivity contribution in [1.29, 1.82) is 0 Å². The van der Waals surface area contributed by atoms with E-state index in [-0.39, 0.29) is 18.0 Å². The molecule has 0 aliphatic rings. The van der Waals surface area contributed by atoms with Crippen molar-refractivity contribution >= 4 is 0 Å². The molecular formula is C15H14F3NO. The van der Waals surface area contributed by atoms with Crippen molar-refractivity contribution in [3.05, 3.63) is 65.0 Å². The average molecular weight is 281 g/mol. The molecule has 0 bridgehead atoms. The second kappa shape index (κ2) is 5.96. The highest BCUT2D eigenvalue weighted by Crippen LogP contribution is 2.20. The van der Waals surface area contributed by atoms with Gasteiger partial charge in [0.1, 0.15) is 29.8 Å². The average Bonchev–Trinajstić information content (AvgIpc) is 2.40. The summed E-state index contributed by atoms with van der Waals surface area (Å²) in [5.41, 5.74) is 6.44. The van der Waals surface area contributed by atoms with Gasteiger partial charge in [-0.1, -0.05) is 12.1 Å². The Bertz CT molecular complexity index is 616. The predicted molar refractivity (Wildman–Crippen MR) is 69.9 cm³/mol. The topological polar surface area (TPSA) is 35.2 Å². The maximum Gasteiger partial charge on any atom is 0.131 e. The molecule has 0 radical (unpaired) electrons. The fraction of sp³-hybridized carbons (Fsp3) is 0.200. The van der Waals surface area contributed by atoms with Crippen LogP contribution in [0.25, 0.3) is 0 Å². The van der Waals surface area contributed by atoms with Crippen LogP contribution in [0.1, 0.15) is 17.2 Å². The monoisotopic (exact) mass is 281 g/mol. The number of ether oxygens (including phenoxy) is 1. The first-order valence-electron chi connectivity index (χ1n) is 6.07. The van der Waals surface area contributed by atoms with Crippen LogP contribution in [0.4, 0.5) is 13.2 Å². The first kappa shape index (κ1) is 14.4. The Morgan fingerprint density at radius 1 is 1.05 bits per heavy atom. The molecule has 0 saturated carbocycles. The van der Waals surface area contributed by atoms with E-state index in [4.69, 9.17) is 10.5 Å². The van der Waals surface area contributed by atoms with Crippen molar-refractivity contribution in [2.45, 2.75) is 13.0 Å². The van der Waals surface area contributed by atoms with Gasteiger partial charge in [0.2, 0.25) is 0 Å². The van der Waals surface area contributed by atoms with Crippen LogP contribution in [0, 0.1) is 24.4 Å². The SMILES string of the molecule is Cc1ccc(OCC(N)c2ccc(F)cc2F)cc1F. The van der Waals surface area contributed by atoms with E-state index < -0.39 is 17.7 Å². The zero-order valence-corrected chi connectivity index (χ0v) is 10.9. The summed E-state index contributed by atoms with van der Waals surface area (Å²) in [4.78, 5) is 0. The molecule has 0 aliphatic carbocycles. The molecule has 0 fully saturated rings. The summed E-state index contributed by atoms with van der Waals surface area (Å²) in [5, 5.41) is 0. The van der Waals surface area contributed by atoms with Crippen LogP contribution < -0.4 is 10.5 Å². The van der Waals surface area contributed by atoms with Gasteiger partial charge >= 0.3 is 0 Å². The first-order chi connectivity index (χ1) is 9.47. The van der Waals surface area contributed by atoms with Crippen LogP contribution in [0.15, 0.2) is 36.4 Å². The molecule has 0 saturated heterocycles. The molecule has 0 heterocycles. The van der Waals surface area contributed by atoms with Gasteiger partial charge in [0.15, 0.2) is 0 Å². The Kier molecular flexibility index (Phi) is 4.29. The molecule has 2 aromatic rings. The fourth-order valence-electron chi connectivity index (χ4n) is 1.74. The zero-order chi connectivity index (χ0) is 14.7. The molecule has 2 nitrogen and oxygen atoms in total. The summed E-state index contributed by atoms with van der Waals surface area (Å²) in [7, 11) is 0. The number of hydrogen-bond donors (Lipinski definition) is 1.